The van der Waals surface area contributed by atoms with E-state index in [1.165, 1.54) is 0 Å². The summed E-state index contributed by atoms with van der Waals surface area (Å²) in [5.74, 6) is -0.513. The Balaban J connectivity index is 1.73. The van der Waals surface area contributed by atoms with Gasteiger partial charge in [-0.1, -0.05) is 57.2 Å². The van der Waals surface area contributed by atoms with E-state index >= 15 is 4.39 Å². The van der Waals surface area contributed by atoms with Crippen molar-refractivity contribution in [3.8, 4) is 17.3 Å². The van der Waals surface area contributed by atoms with Gasteiger partial charge in [-0.2, -0.15) is 9.65 Å². The first-order valence-corrected chi connectivity index (χ1v) is 9.71. The van der Waals surface area contributed by atoms with E-state index in [2.05, 4.69) is 11.1 Å². The van der Waals surface area contributed by atoms with Gasteiger partial charge < -0.3 is 0 Å². The van der Waals surface area contributed by atoms with Crippen LogP contribution in [0.25, 0.3) is 11.3 Å². The monoisotopic (exact) mass is 383 g/mol. The standard InChI is InChI=1S/C23H27F2N3/c1-22(2,3)23(11-13-26)12-14-28(16-20(23)24)15-18-9-10-19(27-21(18)25)17-7-5-4-6-8-17/h4-10,20H,11-12,14-16H2,1-3H3. The van der Waals surface area contributed by atoms with Crippen molar-refractivity contribution in [1.82, 2.24) is 9.88 Å². The van der Waals surface area contributed by atoms with Gasteiger partial charge >= 0.3 is 0 Å². The number of piperidine rings is 1. The van der Waals surface area contributed by atoms with E-state index in [9.17, 15) is 9.65 Å². The van der Waals surface area contributed by atoms with E-state index in [0.29, 0.717) is 30.8 Å². The zero-order valence-electron chi connectivity index (χ0n) is 16.8. The molecule has 0 aliphatic carbocycles. The Morgan fingerprint density at radius 3 is 2.50 bits per heavy atom. The van der Waals surface area contributed by atoms with Crippen LogP contribution in [0, 0.1) is 28.1 Å². The first-order valence-electron chi connectivity index (χ1n) is 9.71. The number of benzene rings is 1. The van der Waals surface area contributed by atoms with E-state index in [0.717, 1.165) is 5.56 Å². The number of rotatable bonds is 4. The van der Waals surface area contributed by atoms with Crippen molar-refractivity contribution in [2.75, 3.05) is 13.1 Å². The molecule has 1 saturated heterocycles. The molecule has 0 radical (unpaired) electrons. The van der Waals surface area contributed by atoms with E-state index in [4.69, 9.17) is 0 Å². The molecule has 0 bridgehead atoms. The van der Waals surface area contributed by atoms with Crippen LogP contribution in [-0.2, 0) is 6.54 Å². The van der Waals surface area contributed by atoms with Crippen LogP contribution in [0.15, 0.2) is 42.5 Å². The number of nitriles is 1. The normalized spacial score (nSPS) is 23.4. The van der Waals surface area contributed by atoms with Crippen LogP contribution in [0.5, 0.6) is 0 Å². The van der Waals surface area contributed by atoms with Gasteiger partial charge in [-0.3, -0.25) is 4.90 Å². The third kappa shape index (κ3) is 3.93. The highest BCUT2D eigenvalue weighted by atomic mass is 19.1. The molecule has 2 aromatic rings. The number of halogens is 2. The van der Waals surface area contributed by atoms with Crippen molar-refractivity contribution >= 4 is 0 Å². The maximum absolute atomic E-state index is 15.2. The lowest BCUT2D eigenvalue weighted by molar-refractivity contribution is -0.0662. The number of aromatic nitrogens is 1. The molecular formula is C23H27F2N3. The summed E-state index contributed by atoms with van der Waals surface area (Å²) in [5, 5.41) is 9.23. The molecule has 1 aliphatic rings. The van der Waals surface area contributed by atoms with Crippen molar-refractivity contribution in [1.29, 1.82) is 5.26 Å². The minimum Gasteiger partial charge on any atom is -0.296 e. The molecule has 2 heterocycles. The van der Waals surface area contributed by atoms with Crippen molar-refractivity contribution in [2.45, 2.75) is 46.3 Å². The first-order chi connectivity index (χ1) is 13.3. The number of hydrogen-bond donors (Lipinski definition) is 0. The highest BCUT2D eigenvalue weighted by molar-refractivity contribution is 5.58. The Morgan fingerprint density at radius 1 is 1.21 bits per heavy atom. The lowest BCUT2D eigenvalue weighted by atomic mass is 9.59. The zero-order chi connectivity index (χ0) is 20.4. The van der Waals surface area contributed by atoms with Crippen LogP contribution < -0.4 is 0 Å². The van der Waals surface area contributed by atoms with Gasteiger partial charge in [0.05, 0.1) is 11.8 Å². The Bertz CT molecular complexity index is 854. The van der Waals surface area contributed by atoms with Crippen molar-refractivity contribution in [2.24, 2.45) is 10.8 Å². The molecular weight excluding hydrogens is 356 g/mol. The molecule has 0 saturated carbocycles. The van der Waals surface area contributed by atoms with Crippen LogP contribution in [0.1, 0.15) is 39.2 Å². The number of alkyl halides is 1. The lowest BCUT2D eigenvalue weighted by Gasteiger charge is -2.51. The molecule has 1 aromatic heterocycles. The predicted molar refractivity (Wildman–Crippen MR) is 107 cm³/mol. The minimum absolute atomic E-state index is 0.202. The fourth-order valence-electron chi connectivity index (χ4n) is 4.19. The SMILES string of the molecule is CC(C)(C)C1(CC#N)CCN(Cc2ccc(-c3ccccc3)nc2F)CC1F. The van der Waals surface area contributed by atoms with Gasteiger partial charge in [-0.25, -0.2) is 9.37 Å². The summed E-state index contributed by atoms with van der Waals surface area (Å²) < 4.78 is 29.8. The zero-order valence-corrected chi connectivity index (χ0v) is 16.8. The van der Waals surface area contributed by atoms with Crippen molar-refractivity contribution in [3.63, 3.8) is 0 Å². The molecule has 3 nitrogen and oxygen atoms in total. The van der Waals surface area contributed by atoms with E-state index in [-0.39, 0.29) is 18.4 Å². The molecule has 3 rings (SSSR count). The summed E-state index contributed by atoms with van der Waals surface area (Å²) in [6.45, 7) is 7.16. The second-order valence-electron chi connectivity index (χ2n) is 8.71. The van der Waals surface area contributed by atoms with Gasteiger partial charge in [0.25, 0.3) is 0 Å². The van der Waals surface area contributed by atoms with E-state index in [1.54, 1.807) is 12.1 Å². The van der Waals surface area contributed by atoms with Crippen LogP contribution >= 0.6 is 0 Å². The smallest absolute Gasteiger partial charge is 0.217 e. The maximum atomic E-state index is 15.2. The molecule has 0 N–H and O–H groups in total. The molecule has 5 heteroatoms. The van der Waals surface area contributed by atoms with Crippen LogP contribution in [0.3, 0.4) is 0 Å². The molecule has 1 aliphatic heterocycles. The molecule has 1 fully saturated rings. The summed E-state index contributed by atoms with van der Waals surface area (Å²) in [7, 11) is 0. The second kappa shape index (κ2) is 7.97. The van der Waals surface area contributed by atoms with Gasteiger partial charge in [0.15, 0.2) is 0 Å². The van der Waals surface area contributed by atoms with Crippen LogP contribution in [0.4, 0.5) is 8.78 Å². The summed E-state index contributed by atoms with van der Waals surface area (Å²) in [6.07, 6.45) is -0.337. The molecule has 0 amide bonds. The Hall–Kier alpha value is -2.32. The molecule has 1 aromatic carbocycles. The van der Waals surface area contributed by atoms with E-state index < -0.39 is 17.5 Å². The van der Waals surface area contributed by atoms with Gasteiger partial charge in [0.2, 0.25) is 5.95 Å². The van der Waals surface area contributed by atoms with Crippen LogP contribution in [-0.4, -0.2) is 29.1 Å². The van der Waals surface area contributed by atoms with Gasteiger partial charge in [-0.05, 0) is 24.4 Å². The fraction of sp³-hybridized carbons (Fsp3) is 0.478. The van der Waals surface area contributed by atoms with Gasteiger partial charge in [-0.15, -0.1) is 0 Å². The van der Waals surface area contributed by atoms with Gasteiger partial charge in [0, 0.05) is 36.1 Å². The third-order valence-corrected chi connectivity index (χ3v) is 6.17. The predicted octanol–water partition coefficient (Wildman–Crippen LogP) is 5.38. The van der Waals surface area contributed by atoms with Crippen molar-refractivity contribution < 1.29 is 8.78 Å². The second-order valence-corrected chi connectivity index (χ2v) is 8.71. The number of pyridine rings is 1. The third-order valence-electron chi connectivity index (χ3n) is 6.17. The largest absolute Gasteiger partial charge is 0.296 e. The summed E-state index contributed by atoms with van der Waals surface area (Å²) in [4.78, 5) is 6.02. The van der Waals surface area contributed by atoms with Crippen molar-refractivity contribution in [3.05, 3.63) is 54.0 Å². The minimum atomic E-state index is -1.12. The Morgan fingerprint density at radius 2 is 1.93 bits per heavy atom. The van der Waals surface area contributed by atoms with Gasteiger partial charge in [0.1, 0.15) is 6.17 Å². The number of likely N-dealkylation sites (tertiary alicyclic amines) is 1. The highest BCUT2D eigenvalue weighted by Crippen LogP contribution is 2.50. The molecule has 28 heavy (non-hydrogen) atoms. The molecule has 2 atom stereocenters. The highest BCUT2D eigenvalue weighted by Gasteiger charge is 2.51. The molecule has 2 unspecified atom stereocenters. The summed E-state index contributed by atoms with van der Waals surface area (Å²) >= 11 is 0. The molecule has 148 valence electrons. The summed E-state index contributed by atoms with van der Waals surface area (Å²) in [6, 6.07) is 15.2. The Kier molecular flexibility index (Phi) is 5.81. The quantitative estimate of drug-likeness (QED) is 0.666. The average Bonchev–Trinajstić information content (AvgIpc) is 2.65. The average molecular weight is 383 g/mol. The summed E-state index contributed by atoms with van der Waals surface area (Å²) in [5.41, 5.74) is 0.950. The maximum Gasteiger partial charge on any atom is 0.217 e. The first kappa shape index (κ1) is 20.4. The lowest BCUT2D eigenvalue weighted by Crippen LogP contribution is -2.54. The topological polar surface area (TPSA) is 39.9 Å². The molecule has 0 spiro atoms. The fourth-order valence-corrected chi connectivity index (χ4v) is 4.19. The Labute approximate surface area is 166 Å². The van der Waals surface area contributed by atoms with E-state index in [1.807, 2.05) is 56.0 Å². The number of nitrogens with zero attached hydrogens (tertiary/aromatic N) is 3. The van der Waals surface area contributed by atoms with Crippen LogP contribution in [0.2, 0.25) is 0 Å². The number of hydrogen-bond acceptors (Lipinski definition) is 3.